The lowest BCUT2D eigenvalue weighted by atomic mass is 9.89. The Bertz CT molecular complexity index is 544. The third-order valence-electron chi connectivity index (χ3n) is 3.30. The van der Waals surface area contributed by atoms with E-state index in [4.69, 9.17) is 4.74 Å². The summed E-state index contributed by atoms with van der Waals surface area (Å²) in [4.78, 5) is 0. The van der Waals surface area contributed by atoms with Crippen LogP contribution < -0.4 is 4.74 Å². The zero-order valence-corrected chi connectivity index (χ0v) is 13.5. The van der Waals surface area contributed by atoms with E-state index < -0.39 is 11.0 Å². The molecule has 1 atom stereocenters. The van der Waals surface area contributed by atoms with Gasteiger partial charge < -0.3 is 4.74 Å². The van der Waals surface area contributed by atoms with Crippen molar-refractivity contribution in [1.82, 2.24) is 0 Å². The van der Waals surface area contributed by atoms with E-state index in [1.165, 1.54) is 5.56 Å². The standard InChI is InChI=1S/C16H23NO2S/c1-5-19-15-11-7-8-12-13(15)9-6-10-14(12)17-20(18)16(2,3)4/h7-8,11H,5-6,9-10H2,1-4H3/t20-/m1/s1. The first-order valence-corrected chi connectivity index (χ1v) is 8.28. The molecule has 1 aliphatic rings. The Labute approximate surface area is 124 Å². The molecule has 20 heavy (non-hydrogen) atoms. The topological polar surface area (TPSA) is 38.7 Å². The fourth-order valence-corrected chi connectivity index (χ4v) is 2.95. The monoisotopic (exact) mass is 293 g/mol. The lowest BCUT2D eigenvalue weighted by Crippen LogP contribution is -2.22. The predicted molar refractivity (Wildman–Crippen MR) is 85.0 cm³/mol. The Hall–Kier alpha value is -1.16. The van der Waals surface area contributed by atoms with Crippen LogP contribution in [0.25, 0.3) is 0 Å². The first-order chi connectivity index (χ1) is 9.43. The first kappa shape index (κ1) is 15.2. The number of rotatable bonds is 3. The van der Waals surface area contributed by atoms with Crippen LogP contribution in [0.3, 0.4) is 0 Å². The van der Waals surface area contributed by atoms with E-state index in [-0.39, 0.29) is 4.75 Å². The molecule has 1 aromatic rings. The minimum Gasteiger partial charge on any atom is -0.494 e. The fraction of sp³-hybridized carbons (Fsp3) is 0.562. The maximum Gasteiger partial charge on any atom is 0.145 e. The normalized spacial score (nSPS) is 18.7. The summed E-state index contributed by atoms with van der Waals surface area (Å²) in [5.74, 6) is 0.943. The van der Waals surface area contributed by atoms with Gasteiger partial charge in [0.05, 0.1) is 17.1 Å². The van der Waals surface area contributed by atoms with E-state index in [2.05, 4.69) is 10.5 Å². The summed E-state index contributed by atoms with van der Waals surface area (Å²) in [6.07, 6.45) is 2.94. The van der Waals surface area contributed by atoms with Crippen LogP contribution in [0.2, 0.25) is 0 Å². The highest BCUT2D eigenvalue weighted by atomic mass is 32.2. The van der Waals surface area contributed by atoms with Crippen LogP contribution in [0.4, 0.5) is 0 Å². The number of benzene rings is 1. The van der Waals surface area contributed by atoms with Crippen LogP contribution >= 0.6 is 0 Å². The van der Waals surface area contributed by atoms with Crippen LogP contribution in [0, 0.1) is 0 Å². The van der Waals surface area contributed by atoms with Gasteiger partial charge in [0.1, 0.15) is 16.7 Å². The van der Waals surface area contributed by atoms with E-state index in [0.717, 1.165) is 36.3 Å². The van der Waals surface area contributed by atoms with Crippen LogP contribution in [0.5, 0.6) is 5.75 Å². The molecule has 3 nitrogen and oxygen atoms in total. The highest BCUT2D eigenvalue weighted by Crippen LogP contribution is 2.30. The van der Waals surface area contributed by atoms with E-state index in [0.29, 0.717) is 6.61 Å². The van der Waals surface area contributed by atoms with Crippen molar-refractivity contribution < 1.29 is 8.95 Å². The average molecular weight is 293 g/mol. The predicted octanol–water partition coefficient (Wildman–Crippen LogP) is 3.67. The number of hydrogen-bond donors (Lipinski definition) is 0. The molecule has 0 spiro atoms. The van der Waals surface area contributed by atoms with Crippen molar-refractivity contribution in [1.29, 1.82) is 0 Å². The largest absolute Gasteiger partial charge is 0.494 e. The van der Waals surface area contributed by atoms with E-state index in [9.17, 15) is 4.21 Å². The van der Waals surface area contributed by atoms with Gasteiger partial charge in [-0.25, -0.2) is 4.21 Å². The minimum absolute atomic E-state index is 0.317. The molecule has 0 amide bonds. The van der Waals surface area contributed by atoms with Crippen LogP contribution in [-0.4, -0.2) is 21.3 Å². The zero-order chi connectivity index (χ0) is 14.8. The van der Waals surface area contributed by atoms with Gasteiger partial charge in [-0.05, 0) is 53.0 Å². The van der Waals surface area contributed by atoms with Crippen LogP contribution in [0.1, 0.15) is 51.7 Å². The SMILES string of the molecule is CCOc1cccc2c1CCCC2=N[S@](=O)C(C)(C)C. The van der Waals surface area contributed by atoms with E-state index in [1.807, 2.05) is 39.8 Å². The highest BCUT2D eigenvalue weighted by Gasteiger charge is 2.23. The summed E-state index contributed by atoms with van der Waals surface area (Å²) >= 11 is 0. The lowest BCUT2D eigenvalue weighted by Gasteiger charge is -2.22. The summed E-state index contributed by atoms with van der Waals surface area (Å²) in [5, 5.41) is 0. The van der Waals surface area contributed by atoms with Crippen molar-refractivity contribution in [3.05, 3.63) is 29.3 Å². The highest BCUT2D eigenvalue weighted by molar-refractivity contribution is 7.85. The second-order valence-corrected chi connectivity index (χ2v) is 7.87. The maximum atomic E-state index is 12.2. The summed E-state index contributed by atoms with van der Waals surface area (Å²) in [5.41, 5.74) is 3.28. The first-order valence-electron chi connectivity index (χ1n) is 7.18. The van der Waals surface area contributed by atoms with Gasteiger partial charge in [-0.3, -0.25) is 0 Å². The molecule has 0 fully saturated rings. The van der Waals surface area contributed by atoms with Crippen molar-refractivity contribution in [2.75, 3.05) is 6.61 Å². The van der Waals surface area contributed by atoms with Crippen molar-refractivity contribution in [2.45, 2.75) is 51.7 Å². The molecule has 0 aliphatic heterocycles. The summed E-state index contributed by atoms with van der Waals surface area (Å²) in [6, 6.07) is 6.06. The molecule has 0 bridgehead atoms. The van der Waals surface area contributed by atoms with Gasteiger partial charge in [0.25, 0.3) is 0 Å². The molecule has 1 aromatic carbocycles. The molecular weight excluding hydrogens is 270 g/mol. The second kappa shape index (κ2) is 6.08. The van der Waals surface area contributed by atoms with Gasteiger partial charge in [0, 0.05) is 11.1 Å². The summed E-state index contributed by atoms with van der Waals surface area (Å²) in [6.45, 7) is 8.51. The van der Waals surface area contributed by atoms with Crippen molar-refractivity contribution in [2.24, 2.45) is 4.40 Å². The zero-order valence-electron chi connectivity index (χ0n) is 12.7. The number of nitrogens with zero attached hydrogens (tertiary/aromatic N) is 1. The van der Waals surface area contributed by atoms with Crippen molar-refractivity contribution in [3.8, 4) is 5.75 Å². The molecule has 2 rings (SSSR count). The molecule has 0 saturated carbocycles. The Balaban J connectivity index is 2.41. The molecule has 0 saturated heterocycles. The summed E-state index contributed by atoms with van der Waals surface area (Å²) < 4.78 is 22.1. The molecule has 0 radical (unpaired) electrons. The van der Waals surface area contributed by atoms with E-state index in [1.54, 1.807) is 0 Å². The lowest BCUT2D eigenvalue weighted by molar-refractivity contribution is 0.336. The van der Waals surface area contributed by atoms with Gasteiger partial charge >= 0.3 is 0 Å². The van der Waals surface area contributed by atoms with Gasteiger partial charge in [-0.15, -0.1) is 0 Å². The molecule has 0 unspecified atom stereocenters. The minimum atomic E-state index is -1.21. The Morgan fingerprint density at radius 1 is 1.30 bits per heavy atom. The van der Waals surface area contributed by atoms with Gasteiger partial charge in [0.2, 0.25) is 0 Å². The molecule has 0 aromatic heterocycles. The second-order valence-electron chi connectivity index (χ2n) is 5.97. The molecule has 1 aliphatic carbocycles. The molecule has 0 heterocycles. The van der Waals surface area contributed by atoms with Crippen molar-refractivity contribution in [3.63, 3.8) is 0 Å². The fourth-order valence-electron chi connectivity index (χ4n) is 2.28. The number of fused-ring (bicyclic) bond motifs is 1. The molecular formula is C16H23NO2S. The van der Waals surface area contributed by atoms with Gasteiger partial charge in [-0.2, -0.15) is 4.40 Å². The van der Waals surface area contributed by atoms with Gasteiger partial charge in [-0.1, -0.05) is 12.1 Å². The third-order valence-corrected chi connectivity index (χ3v) is 4.74. The van der Waals surface area contributed by atoms with E-state index >= 15 is 0 Å². The Kier molecular flexibility index (Phi) is 4.63. The number of hydrogen-bond acceptors (Lipinski definition) is 2. The molecule has 4 heteroatoms. The average Bonchev–Trinajstić information content (AvgIpc) is 2.39. The molecule has 0 N–H and O–H groups in total. The Morgan fingerprint density at radius 2 is 2.05 bits per heavy atom. The summed E-state index contributed by atoms with van der Waals surface area (Å²) in [7, 11) is -1.21. The van der Waals surface area contributed by atoms with Crippen LogP contribution in [0.15, 0.2) is 22.6 Å². The smallest absolute Gasteiger partial charge is 0.145 e. The van der Waals surface area contributed by atoms with Gasteiger partial charge in [0.15, 0.2) is 0 Å². The Morgan fingerprint density at radius 3 is 2.70 bits per heavy atom. The van der Waals surface area contributed by atoms with Crippen molar-refractivity contribution >= 4 is 16.7 Å². The molecule has 110 valence electrons. The van der Waals surface area contributed by atoms with Crippen LogP contribution in [-0.2, 0) is 17.4 Å². The maximum absolute atomic E-state index is 12.2. The third kappa shape index (κ3) is 3.29. The quantitative estimate of drug-likeness (QED) is 0.853. The number of ether oxygens (including phenoxy) is 1.